The molecule has 7 heteroatoms. The highest BCUT2D eigenvalue weighted by atomic mass is 19.3. The first kappa shape index (κ1) is 25.1. The van der Waals surface area contributed by atoms with Crippen molar-refractivity contribution >= 4 is 28.8 Å². The van der Waals surface area contributed by atoms with Gasteiger partial charge in [0.25, 0.3) is 6.43 Å². The number of hydrogen-bond acceptors (Lipinski definition) is 5. The molecule has 0 radical (unpaired) electrons. The van der Waals surface area contributed by atoms with Crippen LogP contribution in [0.1, 0.15) is 73.0 Å². The molecule has 3 heterocycles. The second-order valence-corrected chi connectivity index (χ2v) is 10.9. The third-order valence-corrected chi connectivity index (χ3v) is 8.46. The lowest BCUT2D eigenvalue weighted by Gasteiger charge is -2.40. The van der Waals surface area contributed by atoms with Crippen molar-refractivity contribution in [1.29, 1.82) is 5.26 Å². The van der Waals surface area contributed by atoms with Gasteiger partial charge >= 0.3 is 0 Å². The van der Waals surface area contributed by atoms with Crippen molar-refractivity contribution in [2.24, 2.45) is 10.4 Å². The first-order valence-corrected chi connectivity index (χ1v) is 13.3. The summed E-state index contributed by atoms with van der Waals surface area (Å²) in [6.45, 7) is 6.06. The number of piperidine rings is 1. The standard InChI is InChI=1S/C32H29F2N5/c1-20-26(23-7-9-24(10-8-23)30(33)34)17-29(38-20)32(2)11-13-39(14-12-32)31-27-15-25(16-28(27)36-19-37-31)22-5-3-21(18-35)4-6-22/h3-10,15,19,30H,11-14,16-17H2,1-2H3. The monoisotopic (exact) mass is 521 g/mol. The van der Waals surface area contributed by atoms with Gasteiger partial charge in [-0.3, -0.25) is 4.99 Å². The van der Waals surface area contributed by atoms with Crippen molar-refractivity contribution in [2.75, 3.05) is 18.0 Å². The molecule has 1 saturated heterocycles. The van der Waals surface area contributed by atoms with Crippen LogP contribution < -0.4 is 4.90 Å². The van der Waals surface area contributed by atoms with Gasteiger partial charge in [-0.15, -0.1) is 0 Å². The number of nitrogens with zero attached hydrogens (tertiary/aromatic N) is 5. The van der Waals surface area contributed by atoms with Crippen LogP contribution in [0.15, 0.2) is 65.5 Å². The highest BCUT2D eigenvalue weighted by Crippen LogP contribution is 2.43. The first-order chi connectivity index (χ1) is 18.8. The Balaban J connectivity index is 1.16. The van der Waals surface area contributed by atoms with Crippen molar-refractivity contribution < 1.29 is 8.78 Å². The van der Waals surface area contributed by atoms with Crippen LogP contribution in [0.3, 0.4) is 0 Å². The Hall–Kier alpha value is -4.18. The summed E-state index contributed by atoms with van der Waals surface area (Å²) < 4.78 is 26.0. The molecule has 3 aliphatic rings. The van der Waals surface area contributed by atoms with Gasteiger partial charge in [0.2, 0.25) is 0 Å². The minimum absolute atomic E-state index is 0.0257. The minimum Gasteiger partial charge on any atom is -0.356 e. The number of rotatable bonds is 5. The number of aliphatic imine (C=N–C) groups is 1. The highest BCUT2D eigenvalue weighted by Gasteiger charge is 2.38. The molecule has 2 aromatic carbocycles. The topological polar surface area (TPSA) is 65.2 Å². The van der Waals surface area contributed by atoms with Crippen LogP contribution in [0.2, 0.25) is 0 Å². The quantitative estimate of drug-likeness (QED) is 0.354. The van der Waals surface area contributed by atoms with E-state index in [1.165, 1.54) is 23.4 Å². The number of allylic oxidation sites excluding steroid dienone is 3. The van der Waals surface area contributed by atoms with E-state index in [1.807, 2.05) is 31.2 Å². The number of anilines is 1. The molecule has 196 valence electrons. The minimum atomic E-state index is -2.46. The molecule has 6 rings (SSSR count). The molecule has 0 unspecified atom stereocenters. The zero-order valence-corrected chi connectivity index (χ0v) is 22.1. The van der Waals surface area contributed by atoms with Crippen LogP contribution in [0.5, 0.6) is 0 Å². The molecule has 2 aliphatic heterocycles. The van der Waals surface area contributed by atoms with E-state index in [1.54, 1.807) is 18.5 Å². The van der Waals surface area contributed by atoms with Crippen LogP contribution in [-0.4, -0.2) is 28.8 Å². The predicted molar refractivity (Wildman–Crippen MR) is 150 cm³/mol. The van der Waals surface area contributed by atoms with Gasteiger partial charge in [0.15, 0.2) is 0 Å². The summed E-state index contributed by atoms with van der Waals surface area (Å²) in [5.41, 5.74) is 9.35. The number of hydrogen-bond donors (Lipinski definition) is 0. The lowest BCUT2D eigenvalue weighted by molar-refractivity contribution is 0.151. The molecule has 0 bridgehead atoms. The predicted octanol–water partition coefficient (Wildman–Crippen LogP) is 7.26. The van der Waals surface area contributed by atoms with Crippen molar-refractivity contribution in [1.82, 2.24) is 9.97 Å². The van der Waals surface area contributed by atoms with E-state index in [9.17, 15) is 8.78 Å². The van der Waals surface area contributed by atoms with Gasteiger partial charge in [-0.2, -0.15) is 5.26 Å². The molecule has 39 heavy (non-hydrogen) atoms. The van der Waals surface area contributed by atoms with Gasteiger partial charge < -0.3 is 4.90 Å². The Kier molecular flexibility index (Phi) is 6.34. The Morgan fingerprint density at radius 1 is 0.949 bits per heavy atom. The van der Waals surface area contributed by atoms with Crippen molar-refractivity contribution in [2.45, 2.75) is 46.0 Å². The Labute approximate surface area is 227 Å². The third-order valence-electron chi connectivity index (χ3n) is 8.46. The molecule has 0 spiro atoms. The molecule has 0 N–H and O–H groups in total. The highest BCUT2D eigenvalue weighted by molar-refractivity contribution is 6.03. The van der Waals surface area contributed by atoms with E-state index in [-0.39, 0.29) is 11.0 Å². The number of benzene rings is 2. The van der Waals surface area contributed by atoms with Gasteiger partial charge in [-0.25, -0.2) is 18.7 Å². The maximum atomic E-state index is 13.0. The molecule has 0 atom stereocenters. The summed E-state index contributed by atoms with van der Waals surface area (Å²) in [5.74, 6) is 0.980. The van der Waals surface area contributed by atoms with Crippen molar-refractivity contribution in [3.63, 3.8) is 0 Å². The van der Waals surface area contributed by atoms with Crippen LogP contribution in [0.25, 0.3) is 17.2 Å². The smallest absolute Gasteiger partial charge is 0.263 e. The fraction of sp³-hybridized carbons (Fsp3) is 0.312. The lowest BCUT2D eigenvalue weighted by atomic mass is 9.74. The Morgan fingerprint density at radius 2 is 1.64 bits per heavy atom. The zero-order chi connectivity index (χ0) is 27.1. The summed E-state index contributed by atoms with van der Waals surface area (Å²) in [6, 6.07) is 16.5. The summed E-state index contributed by atoms with van der Waals surface area (Å²) in [7, 11) is 0. The van der Waals surface area contributed by atoms with Crippen molar-refractivity contribution in [3.8, 4) is 6.07 Å². The Bertz CT molecular complexity index is 1550. The van der Waals surface area contributed by atoms with Crippen LogP contribution in [0, 0.1) is 16.7 Å². The molecule has 1 fully saturated rings. The summed E-state index contributed by atoms with van der Waals surface area (Å²) in [4.78, 5) is 16.6. The summed E-state index contributed by atoms with van der Waals surface area (Å²) in [6.07, 6.45) is 4.84. The molecular weight excluding hydrogens is 492 g/mol. The number of aromatic nitrogens is 2. The van der Waals surface area contributed by atoms with Gasteiger partial charge in [0.1, 0.15) is 12.1 Å². The summed E-state index contributed by atoms with van der Waals surface area (Å²) >= 11 is 0. The zero-order valence-electron chi connectivity index (χ0n) is 22.1. The third kappa shape index (κ3) is 4.65. The second-order valence-electron chi connectivity index (χ2n) is 10.9. The molecule has 0 saturated carbocycles. The van der Waals surface area contributed by atoms with Crippen LogP contribution >= 0.6 is 0 Å². The molecule has 5 nitrogen and oxygen atoms in total. The van der Waals surface area contributed by atoms with E-state index < -0.39 is 6.43 Å². The number of halogens is 2. The van der Waals surface area contributed by atoms with Gasteiger partial charge in [0, 0.05) is 53.9 Å². The van der Waals surface area contributed by atoms with Gasteiger partial charge in [0.05, 0.1) is 17.3 Å². The van der Waals surface area contributed by atoms with E-state index in [4.69, 9.17) is 15.2 Å². The fourth-order valence-corrected chi connectivity index (χ4v) is 5.91. The number of fused-ring (bicyclic) bond motifs is 1. The van der Waals surface area contributed by atoms with E-state index in [2.05, 4.69) is 29.0 Å². The first-order valence-electron chi connectivity index (χ1n) is 13.3. The van der Waals surface area contributed by atoms with Crippen LogP contribution in [0.4, 0.5) is 14.6 Å². The molecular formula is C32H29F2N5. The van der Waals surface area contributed by atoms with E-state index in [0.29, 0.717) is 5.56 Å². The normalized spacial score (nSPS) is 18.2. The van der Waals surface area contributed by atoms with Crippen molar-refractivity contribution in [3.05, 3.63) is 94.1 Å². The SMILES string of the molecule is CC1=C(c2ccc(C(F)F)cc2)CC(C2(C)CCN(c3ncnc4c3C=C(c3ccc(C#N)cc3)C4)CC2)=N1. The lowest BCUT2D eigenvalue weighted by Crippen LogP contribution is -2.43. The largest absolute Gasteiger partial charge is 0.356 e. The maximum absolute atomic E-state index is 13.0. The van der Waals surface area contributed by atoms with E-state index in [0.717, 1.165) is 78.2 Å². The second kappa shape index (κ2) is 9.85. The Morgan fingerprint density at radius 3 is 2.31 bits per heavy atom. The number of nitriles is 1. The molecule has 0 amide bonds. The van der Waals surface area contributed by atoms with Gasteiger partial charge in [-0.1, -0.05) is 43.3 Å². The summed E-state index contributed by atoms with van der Waals surface area (Å²) in [5, 5.41) is 9.11. The fourth-order valence-electron chi connectivity index (χ4n) is 5.91. The molecule has 1 aliphatic carbocycles. The van der Waals surface area contributed by atoms with Gasteiger partial charge in [-0.05, 0) is 60.2 Å². The van der Waals surface area contributed by atoms with E-state index >= 15 is 0 Å². The van der Waals surface area contributed by atoms with Crippen LogP contribution in [-0.2, 0) is 6.42 Å². The average Bonchev–Trinajstić information content (AvgIpc) is 3.58. The average molecular weight is 522 g/mol. The molecule has 1 aromatic heterocycles. The number of alkyl halides is 2. The maximum Gasteiger partial charge on any atom is 0.263 e. The molecule has 3 aromatic rings.